The van der Waals surface area contributed by atoms with Crippen molar-refractivity contribution in [3.8, 4) is 11.8 Å². The van der Waals surface area contributed by atoms with Crippen LogP contribution in [-0.4, -0.2) is 44.7 Å². The second-order valence-electron chi connectivity index (χ2n) is 5.77. The Hall–Kier alpha value is -2.39. The molecule has 0 spiro atoms. The summed E-state index contributed by atoms with van der Waals surface area (Å²) in [5.74, 6) is 4.67. The van der Waals surface area contributed by atoms with Gasteiger partial charge in [0.15, 0.2) is 0 Å². The summed E-state index contributed by atoms with van der Waals surface area (Å²) in [4.78, 5) is 10.3. The van der Waals surface area contributed by atoms with Crippen LogP contribution in [0.4, 0.5) is 0 Å². The molecule has 0 aliphatic rings. The lowest BCUT2D eigenvalue weighted by molar-refractivity contribution is -0.136. The van der Waals surface area contributed by atoms with Gasteiger partial charge in [0.25, 0.3) is 0 Å². The molecule has 0 saturated carbocycles. The van der Waals surface area contributed by atoms with Gasteiger partial charge in [-0.25, -0.2) is 0 Å². The molecule has 0 radical (unpaired) electrons. The Morgan fingerprint density at radius 2 is 1.63 bits per heavy atom. The number of aliphatic hydroxyl groups excluding tert-OH is 3. The van der Waals surface area contributed by atoms with Gasteiger partial charge in [-0.1, -0.05) is 61.3 Å². The lowest BCUT2D eigenvalue weighted by atomic mass is 10.1. The minimum Gasteiger partial charge on any atom is -0.481 e. The number of carbonyl (C=O) groups is 1. The minimum atomic E-state index is -1.02. The molecule has 3 atom stereocenters. The van der Waals surface area contributed by atoms with Crippen LogP contribution in [0.2, 0.25) is 0 Å². The van der Waals surface area contributed by atoms with Crippen LogP contribution in [0.1, 0.15) is 39.0 Å². The smallest absolute Gasteiger partial charge is 0.303 e. The van der Waals surface area contributed by atoms with Crippen molar-refractivity contribution in [1.82, 2.24) is 0 Å². The highest BCUT2D eigenvalue weighted by atomic mass is 16.4. The first-order valence-corrected chi connectivity index (χ1v) is 9.04. The summed E-state index contributed by atoms with van der Waals surface area (Å²) in [7, 11) is 0. The number of aliphatic hydroxyl groups is 3. The topological polar surface area (TPSA) is 98.0 Å². The van der Waals surface area contributed by atoms with E-state index in [9.17, 15) is 20.1 Å². The van der Waals surface area contributed by atoms with Crippen molar-refractivity contribution in [1.29, 1.82) is 0 Å². The molecule has 0 aromatic heterocycles. The number of aliphatic carboxylic acids is 1. The molecule has 0 amide bonds. The third kappa shape index (κ3) is 16.8. The van der Waals surface area contributed by atoms with Crippen LogP contribution in [-0.2, 0) is 4.79 Å². The molecule has 0 aliphatic carbocycles. The number of allylic oxidation sites excluding steroid dienone is 6. The molecule has 0 bridgehead atoms. The van der Waals surface area contributed by atoms with Gasteiger partial charge in [0.1, 0.15) is 0 Å². The van der Waals surface area contributed by atoms with Crippen molar-refractivity contribution in [2.75, 3.05) is 0 Å². The number of hydrogen-bond acceptors (Lipinski definition) is 4. The van der Waals surface area contributed by atoms with Gasteiger partial charge in [-0.2, -0.15) is 0 Å². The van der Waals surface area contributed by atoms with Crippen molar-refractivity contribution in [3.05, 3.63) is 60.8 Å². The Bertz CT molecular complexity index is 602. The maximum absolute atomic E-state index is 10.3. The van der Waals surface area contributed by atoms with Crippen LogP contribution in [0.3, 0.4) is 0 Å². The zero-order chi connectivity index (χ0) is 20.3. The molecule has 0 rings (SSSR count). The zero-order valence-corrected chi connectivity index (χ0v) is 15.7. The SMILES string of the molecule is CC/C=C\C[C@@H](O)/C=C/C#C/C=C/C=C/[C@@H](O)[C@@H](O)C/C=C\CCC(=O)O. The van der Waals surface area contributed by atoms with Gasteiger partial charge in [0.2, 0.25) is 0 Å². The van der Waals surface area contributed by atoms with E-state index in [1.165, 1.54) is 6.08 Å². The first kappa shape index (κ1) is 24.6. The first-order valence-electron chi connectivity index (χ1n) is 9.04. The fraction of sp³-hybridized carbons (Fsp3) is 0.409. The zero-order valence-electron chi connectivity index (χ0n) is 15.7. The van der Waals surface area contributed by atoms with Crippen molar-refractivity contribution in [3.63, 3.8) is 0 Å². The van der Waals surface area contributed by atoms with Gasteiger partial charge in [-0.15, -0.1) is 0 Å². The maximum atomic E-state index is 10.3. The number of carboxylic acid groups (broad SMARTS) is 1. The largest absolute Gasteiger partial charge is 0.481 e. The van der Waals surface area contributed by atoms with Crippen molar-refractivity contribution >= 4 is 5.97 Å². The summed E-state index contributed by atoms with van der Waals surface area (Å²) >= 11 is 0. The van der Waals surface area contributed by atoms with Crippen molar-refractivity contribution in [2.45, 2.75) is 57.3 Å². The summed E-state index contributed by atoms with van der Waals surface area (Å²) in [6, 6.07) is 0. The normalized spacial score (nSPS) is 15.7. The molecule has 0 saturated heterocycles. The average molecular weight is 374 g/mol. The Kier molecular flexibility index (Phi) is 15.5. The molecule has 0 aliphatic heterocycles. The van der Waals surface area contributed by atoms with E-state index in [4.69, 9.17) is 5.11 Å². The number of rotatable bonds is 12. The third-order valence-electron chi connectivity index (χ3n) is 3.33. The summed E-state index contributed by atoms with van der Waals surface area (Å²) in [6.07, 6.45) is 16.4. The number of hydrogen-bond donors (Lipinski definition) is 4. The quantitative estimate of drug-likeness (QED) is 0.239. The van der Waals surface area contributed by atoms with Gasteiger partial charge in [-0.05, 0) is 43.9 Å². The lowest BCUT2D eigenvalue weighted by Crippen LogP contribution is -2.22. The summed E-state index contributed by atoms with van der Waals surface area (Å²) in [6.45, 7) is 2.03. The highest BCUT2D eigenvalue weighted by Gasteiger charge is 2.10. The van der Waals surface area contributed by atoms with E-state index in [-0.39, 0.29) is 12.8 Å². The number of carboxylic acids is 1. The molecule has 5 heteroatoms. The lowest BCUT2D eigenvalue weighted by Gasteiger charge is -2.11. The Balaban J connectivity index is 4.11. The average Bonchev–Trinajstić information content (AvgIpc) is 2.63. The molecule has 27 heavy (non-hydrogen) atoms. The Morgan fingerprint density at radius 3 is 2.33 bits per heavy atom. The molecule has 0 fully saturated rings. The Labute approximate surface area is 161 Å². The van der Waals surface area contributed by atoms with Crippen LogP contribution in [0.15, 0.2) is 60.8 Å². The Morgan fingerprint density at radius 1 is 0.926 bits per heavy atom. The van der Waals surface area contributed by atoms with E-state index < -0.39 is 24.3 Å². The van der Waals surface area contributed by atoms with Gasteiger partial charge in [-0.3, -0.25) is 4.79 Å². The molecule has 0 heterocycles. The van der Waals surface area contributed by atoms with Crippen LogP contribution in [0.5, 0.6) is 0 Å². The molecule has 0 aromatic rings. The van der Waals surface area contributed by atoms with Crippen molar-refractivity contribution in [2.24, 2.45) is 0 Å². The maximum Gasteiger partial charge on any atom is 0.303 e. The van der Waals surface area contributed by atoms with E-state index in [0.717, 1.165) is 6.42 Å². The predicted molar refractivity (Wildman–Crippen MR) is 108 cm³/mol. The molecule has 0 unspecified atom stereocenters. The molecule has 148 valence electrons. The van der Waals surface area contributed by atoms with E-state index in [2.05, 4.69) is 11.8 Å². The van der Waals surface area contributed by atoms with E-state index in [1.807, 2.05) is 19.1 Å². The molecular weight excluding hydrogens is 344 g/mol. The monoisotopic (exact) mass is 374 g/mol. The van der Waals surface area contributed by atoms with E-state index in [0.29, 0.717) is 12.8 Å². The molecule has 4 N–H and O–H groups in total. The van der Waals surface area contributed by atoms with Gasteiger partial charge in [0.05, 0.1) is 18.3 Å². The standard InChI is InChI=1S/C22H30O5/c1-2-3-9-14-19(23)15-10-6-4-5-7-11-16-20(24)21(25)17-12-8-13-18-22(26)27/h3,5,7-12,15-16,19-21,23-25H,2,13-14,17-18H2,1H3,(H,26,27)/b7-5+,9-3-,12-8-,15-10+,16-11+/t19-,20-,21+/m1/s1. The highest BCUT2D eigenvalue weighted by molar-refractivity contribution is 5.66. The first-order chi connectivity index (χ1) is 13.0. The van der Waals surface area contributed by atoms with E-state index >= 15 is 0 Å². The predicted octanol–water partition coefficient (Wildman–Crippen LogP) is 2.91. The van der Waals surface area contributed by atoms with Crippen LogP contribution < -0.4 is 0 Å². The third-order valence-corrected chi connectivity index (χ3v) is 3.33. The highest BCUT2D eigenvalue weighted by Crippen LogP contribution is 2.03. The van der Waals surface area contributed by atoms with Crippen LogP contribution in [0, 0.1) is 11.8 Å². The minimum absolute atomic E-state index is 0.0466. The summed E-state index contributed by atoms with van der Waals surface area (Å²) < 4.78 is 0. The van der Waals surface area contributed by atoms with Gasteiger partial charge in [0, 0.05) is 6.42 Å². The second kappa shape index (κ2) is 17.0. The van der Waals surface area contributed by atoms with Gasteiger partial charge >= 0.3 is 5.97 Å². The van der Waals surface area contributed by atoms with Gasteiger partial charge < -0.3 is 20.4 Å². The van der Waals surface area contributed by atoms with Crippen LogP contribution in [0.25, 0.3) is 0 Å². The van der Waals surface area contributed by atoms with Crippen molar-refractivity contribution < 1.29 is 25.2 Å². The molecule has 0 aromatic carbocycles. The summed E-state index contributed by atoms with van der Waals surface area (Å²) in [5.41, 5.74) is 0. The van der Waals surface area contributed by atoms with E-state index in [1.54, 1.807) is 42.5 Å². The second-order valence-corrected chi connectivity index (χ2v) is 5.77. The molecular formula is C22H30O5. The molecule has 5 nitrogen and oxygen atoms in total. The fourth-order valence-corrected chi connectivity index (χ4v) is 1.85. The van der Waals surface area contributed by atoms with Crippen LogP contribution >= 0.6 is 0 Å². The fourth-order valence-electron chi connectivity index (χ4n) is 1.85. The summed E-state index contributed by atoms with van der Waals surface area (Å²) in [5, 5.41) is 37.7.